The average molecular weight is 312 g/mol. The summed E-state index contributed by atoms with van der Waals surface area (Å²) in [4.78, 5) is 15.3. The number of H-pyrrole nitrogens is 1. The molecule has 1 N–H and O–H groups in total. The second-order valence-corrected chi connectivity index (χ2v) is 5.03. The van der Waals surface area contributed by atoms with Gasteiger partial charge < -0.3 is 4.74 Å². The zero-order valence-corrected chi connectivity index (χ0v) is 12.5. The van der Waals surface area contributed by atoms with Gasteiger partial charge in [-0.2, -0.15) is 4.39 Å². The van der Waals surface area contributed by atoms with Crippen molar-refractivity contribution in [2.75, 3.05) is 0 Å². The summed E-state index contributed by atoms with van der Waals surface area (Å²) in [5.74, 6) is -0.140. The summed E-state index contributed by atoms with van der Waals surface area (Å²) < 4.78 is 18.9. The van der Waals surface area contributed by atoms with Crippen molar-refractivity contribution in [3.05, 3.63) is 53.6 Å². The van der Waals surface area contributed by atoms with Crippen LogP contribution in [0.4, 0.5) is 4.39 Å². The van der Waals surface area contributed by atoms with Crippen molar-refractivity contribution in [2.24, 2.45) is 0 Å². The number of aryl methyl sites for hydroxylation is 1. The van der Waals surface area contributed by atoms with E-state index in [1.165, 1.54) is 13.0 Å². The Morgan fingerprint density at radius 2 is 1.96 bits per heavy atom. The van der Waals surface area contributed by atoms with Crippen LogP contribution in [0, 0.1) is 12.9 Å². The Morgan fingerprint density at radius 1 is 1.22 bits per heavy atom. The molecule has 6 nitrogen and oxygen atoms in total. The molecule has 116 valence electrons. The molecule has 0 saturated heterocycles. The Labute approximate surface area is 131 Å². The average Bonchev–Trinajstić information content (AvgIpc) is 2.95. The molecule has 0 aliphatic rings. The fourth-order valence-electron chi connectivity index (χ4n) is 2.10. The quantitative estimate of drug-likeness (QED) is 0.590. The number of nitrogens with zero attached hydrogens (tertiary/aromatic N) is 3. The maximum Gasteiger partial charge on any atom is 0.269 e. The van der Waals surface area contributed by atoms with E-state index in [2.05, 4.69) is 20.4 Å². The van der Waals surface area contributed by atoms with Crippen molar-refractivity contribution in [2.45, 2.75) is 13.8 Å². The van der Waals surface area contributed by atoms with Crippen molar-refractivity contribution in [3.63, 3.8) is 0 Å². The normalized spacial score (nSPS) is 10.6. The Hall–Kier alpha value is -3.09. The fourth-order valence-corrected chi connectivity index (χ4v) is 2.10. The van der Waals surface area contributed by atoms with E-state index in [0.717, 1.165) is 11.1 Å². The number of hydrogen-bond donors (Lipinski definition) is 1. The van der Waals surface area contributed by atoms with Gasteiger partial charge in [0.2, 0.25) is 5.95 Å². The highest BCUT2D eigenvalue weighted by atomic mass is 19.1. The van der Waals surface area contributed by atoms with Crippen molar-refractivity contribution in [1.82, 2.24) is 20.4 Å². The number of aromatic nitrogens is 4. The van der Waals surface area contributed by atoms with E-state index >= 15 is 0 Å². The molecule has 3 aromatic rings. The van der Waals surface area contributed by atoms with Crippen LogP contribution in [0.1, 0.15) is 23.0 Å². The summed E-state index contributed by atoms with van der Waals surface area (Å²) in [5, 5.41) is 9.77. The van der Waals surface area contributed by atoms with Crippen molar-refractivity contribution in [3.8, 4) is 22.9 Å². The highest BCUT2D eigenvalue weighted by Crippen LogP contribution is 2.25. The van der Waals surface area contributed by atoms with Gasteiger partial charge in [-0.3, -0.25) is 9.89 Å². The number of ketones is 1. The number of carbonyl (C=O) groups is 1. The number of aromatic amines is 1. The van der Waals surface area contributed by atoms with Gasteiger partial charge in [-0.05, 0) is 48.9 Å². The highest BCUT2D eigenvalue weighted by molar-refractivity contribution is 5.94. The van der Waals surface area contributed by atoms with Gasteiger partial charge in [-0.1, -0.05) is 10.3 Å². The number of rotatable bonds is 4. The second-order valence-electron chi connectivity index (χ2n) is 5.03. The minimum absolute atomic E-state index is 0.116. The third-order valence-corrected chi connectivity index (χ3v) is 3.17. The van der Waals surface area contributed by atoms with E-state index in [1.54, 1.807) is 37.3 Å². The number of halogens is 1. The lowest BCUT2D eigenvalue weighted by molar-refractivity contribution is 0.101. The van der Waals surface area contributed by atoms with Gasteiger partial charge in [-0.15, -0.1) is 0 Å². The first kappa shape index (κ1) is 14.8. The van der Waals surface area contributed by atoms with Crippen LogP contribution in [-0.4, -0.2) is 26.2 Å². The van der Waals surface area contributed by atoms with E-state index in [4.69, 9.17) is 4.74 Å². The van der Waals surface area contributed by atoms with Gasteiger partial charge in [0.05, 0.1) is 5.69 Å². The van der Waals surface area contributed by atoms with Gasteiger partial charge in [0, 0.05) is 12.5 Å². The number of ether oxygens (including phenoxy) is 1. The van der Waals surface area contributed by atoms with Crippen LogP contribution >= 0.6 is 0 Å². The molecule has 2 heterocycles. The summed E-state index contributed by atoms with van der Waals surface area (Å²) >= 11 is 0. The molecule has 7 heteroatoms. The predicted molar refractivity (Wildman–Crippen MR) is 80.8 cm³/mol. The lowest BCUT2D eigenvalue weighted by Crippen LogP contribution is -1.96. The molecule has 1 aromatic carbocycles. The Kier molecular flexibility index (Phi) is 3.84. The molecular formula is C16H13FN4O2. The third kappa shape index (κ3) is 3.23. The number of carbonyl (C=O) groups excluding carboxylic acids is 1. The van der Waals surface area contributed by atoms with Crippen molar-refractivity contribution < 1.29 is 13.9 Å². The third-order valence-electron chi connectivity index (χ3n) is 3.17. The lowest BCUT2D eigenvalue weighted by Gasteiger charge is -2.06. The first-order valence-corrected chi connectivity index (χ1v) is 6.87. The molecule has 0 fully saturated rings. The molecule has 0 unspecified atom stereocenters. The molecule has 0 aliphatic heterocycles. The fraction of sp³-hybridized carbons (Fsp3) is 0.125. The molecule has 0 saturated carbocycles. The highest BCUT2D eigenvalue weighted by Gasteiger charge is 2.13. The van der Waals surface area contributed by atoms with Crippen LogP contribution in [-0.2, 0) is 0 Å². The Balaban J connectivity index is 1.84. The monoisotopic (exact) mass is 312 g/mol. The maximum atomic E-state index is 13.4. The number of pyridine rings is 1. The summed E-state index contributed by atoms with van der Waals surface area (Å²) in [6, 6.07) is 10.1. The molecule has 0 aliphatic carbocycles. The van der Waals surface area contributed by atoms with Crippen LogP contribution in [0.2, 0.25) is 0 Å². The largest absolute Gasteiger partial charge is 0.436 e. The summed E-state index contributed by atoms with van der Waals surface area (Å²) in [5.41, 5.74) is 2.30. The standard InChI is InChI=1S/C16H13FN4O2/c1-9-7-13(18-14(17)8-9)11-3-5-12(6-4-11)23-16-15(10(2)22)19-21-20-16/h3-8H,1-2H3,(H,19,20,21). The predicted octanol–water partition coefficient (Wildman–Crippen LogP) is 3.31. The summed E-state index contributed by atoms with van der Waals surface area (Å²) in [6.07, 6.45) is 0. The minimum Gasteiger partial charge on any atom is -0.436 e. The van der Waals surface area contributed by atoms with E-state index in [1.807, 2.05) is 0 Å². The first-order chi connectivity index (χ1) is 11.0. The van der Waals surface area contributed by atoms with Gasteiger partial charge in [0.1, 0.15) is 5.75 Å². The molecule has 2 aromatic heterocycles. The topological polar surface area (TPSA) is 80.8 Å². The molecule has 0 bridgehead atoms. The first-order valence-electron chi connectivity index (χ1n) is 6.87. The van der Waals surface area contributed by atoms with Crippen LogP contribution in [0.3, 0.4) is 0 Å². The van der Waals surface area contributed by atoms with E-state index in [9.17, 15) is 9.18 Å². The maximum absolute atomic E-state index is 13.4. The molecule has 23 heavy (non-hydrogen) atoms. The van der Waals surface area contributed by atoms with E-state index in [-0.39, 0.29) is 17.4 Å². The Bertz CT molecular complexity index is 839. The van der Waals surface area contributed by atoms with Gasteiger partial charge >= 0.3 is 0 Å². The number of benzene rings is 1. The summed E-state index contributed by atoms with van der Waals surface area (Å²) in [6.45, 7) is 3.20. The van der Waals surface area contributed by atoms with Crippen LogP contribution in [0.5, 0.6) is 11.6 Å². The summed E-state index contributed by atoms with van der Waals surface area (Å²) in [7, 11) is 0. The van der Waals surface area contributed by atoms with Gasteiger partial charge in [-0.25, -0.2) is 4.98 Å². The van der Waals surface area contributed by atoms with Crippen LogP contribution in [0.25, 0.3) is 11.3 Å². The molecule has 0 atom stereocenters. The molecule has 0 spiro atoms. The van der Waals surface area contributed by atoms with E-state index in [0.29, 0.717) is 11.4 Å². The van der Waals surface area contributed by atoms with Crippen LogP contribution in [0.15, 0.2) is 36.4 Å². The number of nitrogens with one attached hydrogen (secondary N) is 1. The number of hydrogen-bond acceptors (Lipinski definition) is 5. The zero-order valence-electron chi connectivity index (χ0n) is 12.5. The lowest BCUT2D eigenvalue weighted by atomic mass is 10.1. The molecule has 0 radical (unpaired) electrons. The minimum atomic E-state index is -0.519. The SMILES string of the molecule is CC(=O)c1[nH]nnc1Oc1ccc(-c2cc(C)cc(F)n2)cc1. The zero-order chi connectivity index (χ0) is 16.4. The van der Waals surface area contributed by atoms with Crippen LogP contribution < -0.4 is 4.74 Å². The smallest absolute Gasteiger partial charge is 0.269 e. The molecule has 3 rings (SSSR count). The Morgan fingerprint density at radius 3 is 2.61 bits per heavy atom. The second kappa shape index (κ2) is 5.96. The van der Waals surface area contributed by atoms with Gasteiger partial charge in [0.15, 0.2) is 11.5 Å². The molecular weight excluding hydrogens is 299 g/mol. The van der Waals surface area contributed by atoms with Crippen molar-refractivity contribution in [1.29, 1.82) is 0 Å². The van der Waals surface area contributed by atoms with E-state index < -0.39 is 5.95 Å². The number of Topliss-reactive ketones (excluding diaryl/α,β-unsaturated/α-hetero) is 1. The van der Waals surface area contributed by atoms with Gasteiger partial charge in [0.25, 0.3) is 5.88 Å². The van der Waals surface area contributed by atoms with Crippen molar-refractivity contribution >= 4 is 5.78 Å². The molecule has 0 amide bonds.